The van der Waals surface area contributed by atoms with Gasteiger partial charge in [0.25, 0.3) is 0 Å². The van der Waals surface area contributed by atoms with Crippen LogP contribution in [0.15, 0.2) is 48.5 Å². The summed E-state index contributed by atoms with van der Waals surface area (Å²) < 4.78 is 5.49. The molecule has 0 spiro atoms. The molecule has 2 saturated heterocycles. The van der Waals surface area contributed by atoms with Gasteiger partial charge >= 0.3 is 12.1 Å². The number of hydrogen-bond donors (Lipinski definition) is 3. The van der Waals surface area contributed by atoms with Crippen LogP contribution in [0.3, 0.4) is 0 Å². The molecule has 1 atom stereocenters. The third-order valence-electron chi connectivity index (χ3n) is 7.22. The molecule has 3 N–H and O–H groups in total. The average Bonchev–Trinajstić information content (AvgIpc) is 3.44. The number of carbonyl (C=O) groups excluding carboxylic acids is 2. The molecule has 172 valence electrons. The van der Waals surface area contributed by atoms with Gasteiger partial charge in [0.2, 0.25) is 5.91 Å². The molecule has 8 heteroatoms. The Morgan fingerprint density at radius 1 is 1.06 bits per heavy atom. The summed E-state index contributed by atoms with van der Waals surface area (Å²) in [6, 6.07) is 14.7. The summed E-state index contributed by atoms with van der Waals surface area (Å²) in [5, 5.41) is 21.5. The number of carbonyl (C=O) groups is 3. The summed E-state index contributed by atoms with van der Waals surface area (Å²) >= 11 is 0. The van der Waals surface area contributed by atoms with Crippen molar-refractivity contribution in [1.29, 1.82) is 0 Å². The van der Waals surface area contributed by atoms with E-state index < -0.39 is 36.0 Å². The van der Waals surface area contributed by atoms with Gasteiger partial charge in [-0.15, -0.1) is 0 Å². The van der Waals surface area contributed by atoms with Crippen LogP contribution >= 0.6 is 0 Å². The van der Waals surface area contributed by atoms with Gasteiger partial charge in [0.15, 0.2) is 0 Å². The number of fused-ring (bicyclic) bond motifs is 4. The van der Waals surface area contributed by atoms with Gasteiger partial charge in [-0.25, -0.2) is 4.79 Å². The first-order valence-corrected chi connectivity index (χ1v) is 11.2. The molecule has 2 aliphatic carbocycles. The van der Waals surface area contributed by atoms with Gasteiger partial charge in [-0.2, -0.15) is 0 Å². The molecule has 1 saturated carbocycles. The molecular formula is C25H26N2O6. The second-order valence-corrected chi connectivity index (χ2v) is 9.23. The fraction of sp³-hybridized carbons (Fsp3) is 0.400. The Hall–Kier alpha value is -3.39. The highest BCUT2D eigenvalue weighted by Crippen LogP contribution is 2.50. The number of amides is 2. The normalized spacial score (nSPS) is 23.3. The molecule has 4 aliphatic rings. The minimum absolute atomic E-state index is 0.0697. The van der Waals surface area contributed by atoms with Crippen molar-refractivity contribution in [2.75, 3.05) is 19.8 Å². The molecule has 1 unspecified atom stereocenters. The Bertz CT molecular complexity index is 1060. The van der Waals surface area contributed by atoms with E-state index in [0.29, 0.717) is 25.3 Å². The topological polar surface area (TPSA) is 116 Å². The summed E-state index contributed by atoms with van der Waals surface area (Å²) in [6.07, 6.45) is 0.0344. The van der Waals surface area contributed by atoms with Gasteiger partial charge in [0, 0.05) is 12.5 Å². The Kier molecular flexibility index (Phi) is 5.32. The summed E-state index contributed by atoms with van der Waals surface area (Å²) in [6.45, 7) is 0.377. The molecule has 2 bridgehead atoms. The van der Waals surface area contributed by atoms with Crippen LogP contribution < -0.4 is 5.32 Å². The minimum atomic E-state index is -1.25. The number of alkyl carbamates (subject to hydrolysis) is 1. The van der Waals surface area contributed by atoms with Crippen LogP contribution in [0.1, 0.15) is 36.3 Å². The predicted molar refractivity (Wildman–Crippen MR) is 118 cm³/mol. The van der Waals surface area contributed by atoms with Crippen LogP contribution in [-0.2, 0) is 14.3 Å². The van der Waals surface area contributed by atoms with E-state index in [-0.39, 0.29) is 19.1 Å². The number of rotatable bonds is 7. The molecule has 2 heterocycles. The van der Waals surface area contributed by atoms with Gasteiger partial charge < -0.3 is 25.2 Å². The van der Waals surface area contributed by atoms with Gasteiger partial charge in [-0.05, 0) is 41.0 Å². The smallest absolute Gasteiger partial charge is 0.407 e. The van der Waals surface area contributed by atoms with Crippen molar-refractivity contribution >= 4 is 18.0 Å². The van der Waals surface area contributed by atoms with Crippen LogP contribution in [0.2, 0.25) is 0 Å². The lowest BCUT2D eigenvalue weighted by Gasteiger charge is -2.41. The van der Waals surface area contributed by atoms with Gasteiger partial charge in [-0.1, -0.05) is 48.5 Å². The second kappa shape index (κ2) is 8.19. The third kappa shape index (κ3) is 3.64. The largest absolute Gasteiger partial charge is 0.481 e. The summed E-state index contributed by atoms with van der Waals surface area (Å²) in [4.78, 5) is 38.6. The van der Waals surface area contributed by atoms with E-state index in [1.165, 1.54) is 4.90 Å². The third-order valence-corrected chi connectivity index (χ3v) is 7.22. The first-order chi connectivity index (χ1) is 15.9. The molecule has 6 rings (SSSR count). The van der Waals surface area contributed by atoms with Crippen molar-refractivity contribution in [1.82, 2.24) is 10.2 Å². The summed E-state index contributed by atoms with van der Waals surface area (Å²) in [7, 11) is 0. The quantitative estimate of drug-likeness (QED) is 0.596. The summed E-state index contributed by atoms with van der Waals surface area (Å²) in [5.41, 5.74) is 3.70. The SMILES string of the molecule is O=C(O)CC(NC(=O)OCC1c2ccccc2-c2ccccc21)C(=O)N1CC2CC1(CO)C2. The van der Waals surface area contributed by atoms with Crippen LogP contribution in [0.4, 0.5) is 4.79 Å². The Morgan fingerprint density at radius 3 is 2.24 bits per heavy atom. The number of ether oxygens (including phenoxy) is 1. The highest BCUT2D eigenvalue weighted by Gasteiger charge is 2.58. The monoisotopic (exact) mass is 450 g/mol. The Morgan fingerprint density at radius 2 is 1.67 bits per heavy atom. The van der Waals surface area contributed by atoms with E-state index in [4.69, 9.17) is 4.74 Å². The maximum atomic E-state index is 13.1. The number of carboxylic acid groups (broad SMARTS) is 1. The van der Waals surface area contributed by atoms with Crippen molar-refractivity contribution in [2.24, 2.45) is 5.92 Å². The van der Waals surface area contributed by atoms with Gasteiger partial charge in [-0.3, -0.25) is 9.59 Å². The number of nitrogens with one attached hydrogen (secondary N) is 1. The number of nitrogens with zero attached hydrogens (tertiary/aromatic N) is 1. The van der Waals surface area contributed by atoms with Gasteiger partial charge in [0.1, 0.15) is 12.6 Å². The predicted octanol–water partition coefficient (Wildman–Crippen LogP) is 2.35. The van der Waals surface area contributed by atoms with Gasteiger partial charge in [0.05, 0.1) is 18.6 Å². The van der Waals surface area contributed by atoms with Crippen LogP contribution in [0.5, 0.6) is 0 Å². The molecule has 0 radical (unpaired) electrons. The zero-order valence-electron chi connectivity index (χ0n) is 18.1. The van der Waals surface area contributed by atoms with E-state index in [2.05, 4.69) is 5.32 Å². The maximum Gasteiger partial charge on any atom is 0.407 e. The zero-order chi connectivity index (χ0) is 23.2. The molecular weight excluding hydrogens is 424 g/mol. The fourth-order valence-corrected chi connectivity index (χ4v) is 5.70. The molecule has 0 aromatic heterocycles. The highest BCUT2D eigenvalue weighted by atomic mass is 16.5. The maximum absolute atomic E-state index is 13.1. The fourth-order valence-electron chi connectivity index (χ4n) is 5.70. The molecule has 3 fully saturated rings. The molecule has 2 aliphatic heterocycles. The molecule has 8 nitrogen and oxygen atoms in total. The molecule has 2 amide bonds. The Balaban J connectivity index is 1.27. The standard InChI is InChI=1S/C25H26N2O6/c28-14-25-10-15(11-25)12-27(25)23(31)21(9-22(29)30)26-24(32)33-13-20-18-7-3-1-5-16(18)17-6-2-4-8-19(17)20/h1-8,15,20-21,28H,9-14H2,(H,26,32)(H,29,30). The molecule has 33 heavy (non-hydrogen) atoms. The van der Waals surface area contributed by atoms with E-state index in [9.17, 15) is 24.6 Å². The van der Waals surface area contributed by atoms with Crippen molar-refractivity contribution in [2.45, 2.75) is 36.8 Å². The average molecular weight is 450 g/mol. The summed E-state index contributed by atoms with van der Waals surface area (Å²) in [5.74, 6) is -1.50. The second-order valence-electron chi connectivity index (χ2n) is 9.23. The van der Waals surface area contributed by atoms with Crippen molar-refractivity contribution in [3.8, 4) is 11.1 Å². The van der Waals surface area contributed by atoms with Crippen LogP contribution in [-0.4, -0.2) is 64.4 Å². The lowest BCUT2D eigenvalue weighted by Crippen LogP contribution is -2.57. The first kappa shape index (κ1) is 21.5. The van der Waals surface area contributed by atoms with Crippen LogP contribution in [0.25, 0.3) is 11.1 Å². The lowest BCUT2D eigenvalue weighted by atomic mass is 9.74. The number of aliphatic hydroxyl groups excluding tert-OH is 1. The zero-order valence-corrected chi connectivity index (χ0v) is 18.1. The van der Waals surface area contributed by atoms with E-state index in [1.54, 1.807) is 0 Å². The number of aliphatic hydroxyl groups is 1. The number of hydrogen-bond acceptors (Lipinski definition) is 5. The number of aliphatic carboxylic acids is 1. The highest BCUT2D eigenvalue weighted by molar-refractivity contribution is 5.90. The minimum Gasteiger partial charge on any atom is -0.481 e. The molecule has 2 aromatic rings. The molecule has 2 aromatic carbocycles. The van der Waals surface area contributed by atoms with E-state index >= 15 is 0 Å². The van der Waals surface area contributed by atoms with Crippen molar-refractivity contribution < 1.29 is 29.3 Å². The number of carboxylic acids is 1. The van der Waals surface area contributed by atoms with Crippen molar-refractivity contribution in [3.63, 3.8) is 0 Å². The lowest BCUT2D eigenvalue weighted by molar-refractivity contribution is -0.145. The van der Waals surface area contributed by atoms with Crippen molar-refractivity contribution in [3.05, 3.63) is 59.7 Å². The Labute approximate surface area is 191 Å². The first-order valence-electron chi connectivity index (χ1n) is 11.2. The van der Waals surface area contributed by atoms with E-state index in [0.717, 1.165) is 22.3 Å². The van der Waals surface area contributed by atoms with Crippen LogP contribution in [0, 0.1) is 5.92 Å². The van der Waals surface area contributed by atoms with E-state index in [1.807, 2.05) is 48.5 Å². The number of benzene rings is 2.